The molecule has 0 bridgehead atoms. The van der Waals surface area contributed by atoms with E-state index in [4.69, 9.17) is 0 Å². The van der Waals surface area contributed by atoms with Gasteiger partial charge in [0.1, 0.15) is 0 Å². The topological polar surface area (TPSA) is 101 Å². The van der Waals surface area contributed by atoms with Crippen LogP contribution < -0.4 is 10.6 Å². The van der Waals surface area contributed by atoms with Crippen LogP contribution in [-0.2, 0) is 10.8 Å². The second-order valence-electron chi connectivity index (χ2n) is 4.28. The highest BCUT2D eigenvalue weighted by molar-refractivity contribution is 7.84. The first-order valence-corrected chi connectivity index (χ1v) is 7.64. The van der Waals surface area contributed by atoms with Gasteiger partial charge in [0, 0.05) is 46.7 Å². The Morgan fingerprint density at radius 2 is 2.00 bits per heavy atom. The molecule has 0 aliphatic heterocycles. The molecule has 2 amide bonds. The molecular formula is C12H17N3O4S. The van der Waals surface area contributed by atoms with E-state index < -0.39 is 21.8 Å². The summed E-state index contributed by atoms with van der Waals surface area (Å²) < 4.78 is 11.1. The smallest absolute Gasteiger partial charge is 0.319 e. The number of urea groups is 1. The van der Waals surface area contributed by atoms with Gasteiger partial charge in [0.05, 0.1) is 4.92 Å². The molecule has 0 aromatic heterocycles. The molecule has 2 N–H and O–H groups in total. The minimum absolute atomic E-state index is 0.0228. The van der Waals surface area contributed by atoms with Crippen molar-refractivity contribution in [2.24, 2.45) is 0 Å². The Bertz CT molecular complexity index is 504. The van der Waals surface area contributed by atoms with Crippen molar-refractivity contribution in [1.82, 2.24) is 5.32 Å². The van der Waals surface area contributed by atoms with Crippen molar-refractivity contribution >= 4 is 28.2 Å². The number of carbonyl (C=O) groups is 1. The molecule has 0 radical (unpaired) electrons. The zero-order chi connectivity index (χ0) is 15.1. The van der Waals surface area contributed by atoms with Gasteiger partial charge in [0.2, 0.25) is 0 Å². The lowest BCUT2D eigenvalue weighted by molar-refractivity contribution is -0.384. The number of nitro groups is 1. The largest absolute Gasteiger partial charge is 0.338 e. The van der Waals surface area contributed by atoms with Crippen LogP contribution in [0.1, 0.15) is 13.3 Å². The van der Waals surface area contributed by atoms with Gasteiger partial charge in [-0.15, -0.1) is 0 Å². The highest BCUT2D eigenvalue weighted by Crippen LogP contribution is 2.15. The first-order valence-electron chi connectivity index (χ1n) is 6.01. The summed E-state index contributed by atoms with van der Waals surface area (Å²) in [6.07, 6.45) is 2.25. The first kappa shape index (κ1) is 16.1. The Morgan fingerprint density at radius 3 is 2.50 bits per heavy atom. The van der Waals surface area contributed by atoms with Crippen LogP contribution in [0.5, 0.6) is 0 Å². The molecule has 2 atom stereocenters. The van der Waals surface area contributed by atoms with Crippen molar-refractivity contribution in [1.29, 1.82) is 0 Å². The Morgan fingerprint density at radius 1 is 1.40 bits per heavy atom. The van der Waals surface area contributed by atoms with E-state index in [2.05, 4.69) is 10.6 Å². The maximum absolute atomic E-state index is 11.6. The number of carbonyl (C=O) groups excluding carboxylic acids is 1. The quantitative estimate of drug-likeness (QED) is 0.618. The molecule has 20 heavy (non-hydrogen) atoms. The molecule has 1 aromatic rings. The maximum Gasteiger partial charge on any atom is 0.319 e. The average molecular weight is 299 g/mol. The number of rotatable bonds is 6. The van der Waals surface area contributed by atoms with Gasteiger partial charge in [0.25, 0.3) is 5.69 Å². The van der Waals surface area contributed by atoms with Gasteiger partial charge in [-0.1, -0.05) is 6.92 Å². The van der Waals surface area contributed by atoms with Crippen LogP contribution in [-0.4, -0.2) is 33.2 Å². The van der Waals surface area contributed by atoms with Crippen LogP contribution in [0.25, 0.3) is 0 Å². The third-order valence-corrected chi connectivity index (χ3v) is 4.11. The van der Waals surface area contributed by atoms with Gasteiger partial charge in [-0.3, -0.25) is 14.3 Å². The van der Waals surface area contributed by atoms with Crippen LogP contribution in [0.4, 0.5) is 16.2 Å². The summed E-state index contributed by atoms with van der Waals surface area (Å²) in [5, 5.41) is 15.7. The summed E-state index contributed by atoms with van der Waals surface area (Å²) in [5.74, 6) is 0. The zero-order valence-electron chi connectivity index (χ0n) is 11.3. The number of amides is 2. The van der Waals surface area contributed by atoms with Crippen LogP contribution >= 0.6 is 0 Å². The molecule has 0 heterocycles. The summed E-state index contributed by atoms with van der Waals surface area (Å²) in [6.45, 7) is 2.27. The van der Waals surface area contributed by atoms with Crippen molar-refractivity contribution in [2.45, 2.75) is 18.6 Å². The van der Waals surface area contributed by atoms with E-state index in [9.17, 15) is 19.1 Å². The van der Waals surface area contributed by atoms with Gasteiger partial charge < -0.3 is 10.6 Å². The van der Waals surface area contributed by atoms with Crippen LogP contribution in [0, 0.1) is 10.1 Å². The molecule has 110 valence electrons. The van der Waals surface area contributed by atoms with Crippen LogP contribution in [0.15, 0.2) is 24.3 Å². The molecule has 0 unspecified atom stereocenters. The normalized spacial score (nSPS) is 13.3. The summed E-state index contributed by atoms with van der Waals surface area (Å²) in [4.78, 5) is 21.5. The summed E-state index contributed by atoms with van der Waals surface area (Å²) >= 11 is 0. The standard InChI is InChI=1S/C12H17N3O4S/c1-9(20(2)19)7-8-13-12(16)14-10-3-5-11(6-4-10)15(17)18/h3-6,9H,7-8H2,1-2H3,(H2,13,14,16)/t9-,20-/m0/s1. The fourth-order valence-electron chi connectivity index (χ4n) is 1.40. The molecule has 0 fully saturated rings. The Hall–Kier alpha value is -1.96. The van der Waals surface area contributed by atoms with E-state index in [0.29, 0.717) is 18.7 Å². The number of non-ortho nitro benzene ring substituents is 1. The minimum atomic E-state index is -0.906. The van der Waals surface area contributed by atoms with Gasteiger partial charge in [-0.05, 0) is 18.6 Å². The summed E-state index contributed by atoms with van der Waals surface area (Å²) in [5.41, 5.74) is 0.440. The third kappa shape index (κ3) is 5.35. The fourth-order valence-corrected chi connectivity index (χ4v) is 1.85. The van der Waals surface area contributed by atoms with Crippen molar-refractivity contribution in [2.75, 3.05) is 18.1 Å². The van der Waals surface area contributed by atoms with E-state index in [1.807, 2.05) is 6.92 Å². The van der Waals surface area contributed by atoms with Crippen molar-refractivity contribution in [3.8, 4) is 0 Å². The average Bonchev–Trinajstić information content (AvgIpc) is 2.39. The lowest BCUT2D eigenvalue weighted by Gasteiger charge is -2.10. The van der Waals surface area contributed by atoms with E-state index >= 15 is 0 Å². The number of nitrogens with one attached hydrogen (secondary N) is 2. The summed E-state index contributed by atoms with van der Waals surface area (Å²) in [6, 6.07) is 5.16. The molecule has 0 aliphatic carbocycles. The molecule has 0 saturated carbocycles. The van der Waals surface area contributed by atoms with Gasteiger partial charge in [-0.2, -0.15) is 0 Å². The van der Waals surface area contributed by atoms with Crippen LogP contribution in [0.2, 0.25) is 0 Å². The van der Waals surface area contributed by atoms with Crippen LogP contribution in [0.3, 0.4) is 0 Å². The number of hydrogen-bond acceptors (Lipinski definition) is 4. The highest BCUT2D eigenvalue weighted by Gasteiger charge is 2.08. The molecule has 1 rings (SSSR count). The SMILES string of the molecule is C[C@@H](CCNC(=O)Nc1ccc([N+](=O)[O-])cc1)[S@](C)=O. The molecule has 1 aromatic carbocycles. The van der Waals surface area contributed by atoms with Crippen molar-refractivity contribution in [3.63, 3.8) is 0 Å². The number of nitrogens with zero attached hydrogens (tertiary/aromatic N) is 1. The number of hydrogen-bond donors (Lipinski definition) is 2. The zero-order valence-corrected chi connectivity index (χ0v) is 12.1. The van der Waals surface area contributed by atoms with Crippen molar-refractivity contribution < 1.29 is 13.9 Å². The lowest BCUT2D eigenvalue weighted by atomic mass is 10.3. The van der Waals surface area contributed by atoms with E-state index in [1.165, 1.54) is 24.3 Å². The molecule has 0 saturated heterocycles. The van der Waals surface area contributed by atoms with Gasteiger partial charge in [-0.25, -0.2) is 4.79 Å². The second kappa shape index (κ2) is 7.59. The summed E-state index contributed by atoms with van der Waals surface area (Å²) in [7, 11) is -0.906. The van der Waals surface area contributed by atoms with Crippen molar-refractivity contribution in [3.05, 3.63) is 34.4 Å². The number of nitro benzene ring substituents is 1. The van der Waals surface area contributed by atoms with E-state index in [0.717, 1.165) is 0 Å². The monoisotopic (exact) mass is 299 g/mol. The predicted molar refractivity (Wildman–Crippen MR) is 78.3 cm³/mol. The maximum atomic E-state index is 11.6. The molecule has 8 heteroatoms. The Labute approximate surface area is 119 Å². The number of benzene rings is 1. The Kier molecular flexibility index (Phi) is 6.10. The third-order valence-electron chi connectivity index (χ3n) is 2.74. The second-order valence-corrected chi connectivity index (χ2v) is 6.08. The van der Waals surface area contributed by atoms with Gasteiger partial charge in [0.15, 0.2) is 0 Å². The fraction of sp³-hybridized carbons (Fsp3) is 0.417. The Balaban J connectivity index is 2.39. The molecular weight excluding hydrogens is 282 g/mol. The minimum Gasteiger partial charge on any atom is -0.338 e. The first-order chi connectivity index (χ1) is 9.40. The highest BCUT2D eigenvalue weighted by atomic mass is 32.2. The lowest BCUT2D eigenvalue weighted by Crippen LogP contribution is -2.31. The number of anilines is 1. The van der Waals surface area contributed by atoms with Gasteiger partial charge >= 0.3 is 6.03 Å². The van der Waals surface area contributed by atoms with E-state index in [1.54, 1.807) is 6.26 Å². The molecule has 0 spiro atoms. The van der Waals surface area contributed by atoms with E-state index in [-0.39, 0.29) is 10.9 Å². The predicted octanol–water partition coefficient (Wildman–Crippen LogP) is 1.87. The molecule has 7 nitrogen and oxygen atoms in total. The molecule has 0 aliphatic rings.